The van der Waals surface area contributed by atoms with Crippen LogP contribution in [0, 0.1) is 30.9 Å². The molecule has 138 valence electrons. The van der Waals surface area contributed by atoms with E-state index in [1.54, 1.807) is 13.0 Å². The summed E-state index contributed by atoms with van der Waals surface area (Å²) >= 11 is 0. The molecular formula is C20H20N4O3. The molecule has 0 aliphatic carbocycles. The van der Waals surface area contributed by atoms with Gasteiger partial charge in [-0.25, -0.2) is 4.68 Å². The number of nitro groups is 1. The van der Waals surface area contributed by atoms with E-state index in [0.717, 1.165) is 22.6 Å². The minimum absolute atomic E-state index is 0.0630. The maximum absolute atomic E-state index is 12.6. The second-order valence-corrected chi connectivity index (χ2v) is 6.29. The number of aromatic nitrogens is 2. The van der Waals surface area contributed by atoms with E-state index in [0.29, 0.717) is 17.7 Å². The minimum Gasteiger partial charge on any atom is -0.348 e. The molecule has 3 rings (SSSR count). The van der Waals surface area contributed by atoms with Crippen LogP contribution in [0.15, 0.2) is 48.5 Å². The van der Waals surface area contributed by atoms with Gasteiger partial charge in [0.2, 0.25) is 0 Å². The number of nitrogens with one attached hydrogen (secondary N) is 1. The molecule has 27 heavy (non-hydrogen) atoms. The zero-order valence-corrected chi connectivity index (χ0v) is 15.4. The van der Waals surface area contributed by atoms with Gasteiger partial charge in [0.25, 0.3) is 11.6 Å². The van der Waals surface area contributed by atoms with E-state index in [1.165, 1.54) is 12.1 Å². The Morgan fingerprint density at radius 2 is 1.81 bits per heavy atom. The number of hydrogen-bond acceptors (Lipinski definition) is 4. The van der Waals surface area contributed by atoms with Gasteiger partial charge in [-0.15, -0.1) is 0 Å². The number of carbonyl (C=O) groups excluding carboxylic acids is 1. The zero-order chi connectivity index (χ0) is 19.6. The van der Waals surface area contributed by atoms with E-state index in [9.17, 15) is 14.9 Å². The molecular weight excluding hydrogens is 344 g/mol. The lowest BCUT2D eigenvalue weighted by Crippen LogP contribution is -2.24. The summed E-state index contributed by atoms with van der Waals surface area (Å²) in [5.41, 5.74) is 4.23. The number of hydrogen-bond donors (Lipinski definition) is 1. The second-order valence-electron chi connectivity index (χ2n) is 6.29. The van der Waals surface area contributed by atoms with Crippen molar-refractivity contribution < 1.29 is 9.72 Å². The third-order valence-electron chi connectivity index (χ3n) is 4.61. The third kappa shape index (κ3) is 3.57. The smallest absolute Gasteiger partial charge is 0.273 e. The third-order valence-corrected chi connectivity index (χ3v) is 4.61. The Morgan fingerprint density at radius 3 is 2.48 bits per heavy atom. The normalized spacial score (nSPS) is 10.6. The number of nitrogens with zero attached hydrogens (tertiary/aromatic N) is 3. The SMILES string of the molecule is Cc1nn(-c2ccccc2)c(C)c1CNC(=O)c1cccc([N+](=O)[O-])c1C. The molecule has 3 aromatic rings. The van der Waals surface area contributed by atoms with Crippen LogP contribution < -0.4 is 5.32 Å². The van der Waals surface area contributed by atoms with Crippen LogP contribution in [-0.4, -0.2) is 20.6 Å². The predicted molar refractivity (Wildman–Crippen MR) is 102 cm³/mol. The van der Waals surface area contributed by atoms with Crippen molar-refractivity contribution in [2.75, 3.05) is 0 Å². The number of nitro benzene ring substituents is 1. The average molecular weight is 364 g/mol. The summed E-state index contributed by atoms with van der Waals surface area (Å²) < 4.78 is 1.84. The van der Waals surface area contributed by atoms with Crippen molar-refractivity contribution >= 4 is 11.6 Å². The van der Waals surface area contributed by atoms with Crippen molar-refractivity contribution in [2.45, 2.75) is 27.3 Å². The quantitative estimate of drug-likeness (QED) is 0.553. The molecule has 0 radical (unpaired) electrons. The number of carbonyl (C=O) groups is 1. The highest BCUT2D eigenvalue weighted by atomic mass is 16.6. The topological polar surface area (TPSA) is 90.1 Å². The predicted octanol–water partition coefficient (Wildman–Crippen LogP) is 3.64. The van der Waals surface area contributed by atoms with Crippen molar-refractivity contribution in [3.05, 3.63) is 86.7 Å². The molecule has 2 aromatic carbocycles. The van der Waals surface area contributed by atoms with Gasteiger partial charge in [0, 0.05) is 35.0 Å². The summed E-state index contributed by atoms with van der Waals surface area (Å²) in [6.45, 7) is 5.72. The summed E-state index contributed by atoms with van der Waals surface area (Å²) in [6.07, 6.45) is 0. The first-order valence-corrected chi connectivity index (χ1v) is 8.53. The zero-order valence-electron chi connectivity index (χ0n) is 15.4. The molecule has 7 nitrogen and oxygen atoms in total. The Kier molecular flexibility index (Phi) is 5.03. The van der Waals surface area contributed by atoms with E-state index in [1.807, 2.05) is 48.9 Å². The fraction of sp³-hybridized carbons (Fsp3) is 0.200. The number of benzene rings is 2. The van der Waals surface area contributed by atoms with Crippen LogP contribution >= 0.6 is 0 Å². The van der Waals surface area contributed by atoms with Crippen LogP contribution in [0.3, 0.4) is 0 Å². The summed E-state index contributed by atoms with van der Waals surface area (Å²) in [6, 6.07) is 14.3. The van der Waals surface area contributed by atoms with Gasteiger partial charge in [0.1, 0.15) is 0 Å². The molecule has 0 bridgehead atoms. The lowest BCUT2D eigenvalue weighted by molar-refractivity contribution is -0.385. The highest BCUT2D eigenvalue weighted by molar-refractivity contribution is 5.96. The number of rotatable bonds is 5. The van der Waals surface area contributed by atoms with Crippen molar-refractivity contribution in [2.24, 2.45) is 0 Å². The van der Waals surface area contributed by atoms with Crippen LogP contribution in [0.1, 0.15) is 32.9 Å². The van der Waals surface area contributed by atoms with Crippen LogP contribution in [0.2, 0.25) is 0 Å². The fourth-order valence-corrected chi connectivity index (χ4v) is 3.08. The summed E-state index contributed by atoms with van der Waals surface area (Å²) in [5.74, 6) is -0.345. The molecule has 1 aromatic heterocycles. The molecule has 0 unspecified atom stereocenters. The molecule has 0 atom stereocenters. The van der Waals surface area contributed by atoms with Gasteiger partial charge >= 0.3 is 0 Å². The van der Waals surface area contributed by atoms with Gasteiger partial charge in [-0.05, 0) is 39.0 Å². The lowest BCUT2D eigenvalue weighted by atomic mass is 10.1. The molecule has 0 saturated heterocycles. The van der Waals surface area contributed by atoms with Crippen LogP contribution in [-0.2, 0) is 6.54 Å². The standard InChI is InChI=1S/C20H20N4O3/c1-13-17(10-7-11-19(13)24(26)27)20(25)21-12-18-14(2)22-23(15(18)3)16-8-5-4-6-9-16/h4-11H,12H2,1-3H3,(H,21,25). The Morgan fingerprint density at radius 1 is 1.11 bits per heavy atom. The average Bonchev–Trinajstić information content (AvgIpc) is 2.94. The molecule has 0 aliphatic heterocycles. The Bertz CT molecular complexity index is 1010. The van der Waals surface area contributed by atoms with Gasteiger partial charge in [0.05, 0.1) is 16.3 Å². The van der Waals surface area contributed by atoms with Gasteiger partial charge in [-0.3, -0.25) is 14.9 Å². The van der Waals surface area contributed by atoms with E-state index in [-0.39, 0.29) is 11.6 Å². The summed E-state index contributed by atoms with van der Waals surface area (Å²) in [7, 11) is 0. The van der Waals surface area contributed by atoms with Crippen LogP contribution in [0.5, 0.6) is 0 Å². The van der Waals surface area contributed by atoms with E-state index >= 15 is 0 Å². The van der Waals surface area contributed by atoms with Crippen molar-refractivity contribution in [3.63, 3.8) is 0 Å². The molecule has 0 spiro atoms. The minimum atomic E-state index is -0.482. The first kappa shape index (κ1) is 18.3. The molecule has 1 amide bonds. The maximum Gasteiger partial charge on any atom is 0.273 e. The Hall–Kier alpha value is -3.48. The first-order valence-electron chi connectivity index (χ1n) is 8.53. The lowest BCUT2D eigenvalue weighted by Gasteiger charge is -2.09. The summed E-state index contributed by atoms with van der Waals surface area (Å²) in [4.78, 5) is 23.1. The molecule has 0 saturated carbocycles. The molecule has 1 heterocycles. The highest BCUT2D eigenvalue weighted by Crippen LogP contribution is 2.22. The molecule has 7 heteroatoms. The van der Waals surface area contributed by atoms with Crippen molar-refractivity contribution in [3.8, 4) is 5.69 Å². The second kappa shape index (κ2) is 7.41. The van der Waals surface area contributed by atoms with E-state index < -0.39 is 4.92 Å². The van der Waals surface area contributed by atoms with Crippen LogP contribution in [0.25, 0.3) is 5.69 Å². The number of aryl methyl sites for hydroxylation is 1. The van der Waals surface area contributed by atoms with Gasteiger partial charge < -0.3 is 5.32 Å². The Balaban J connectivity index is 1.82. The van der Waals surface area contributed by atoms with E-state index in [2.05, 4.69) is 10.4 Å². The van der Waals surface area contributed by atoms with Crippen LogP contribution in [0.4, 0.5) is 5.69 Å². The van der Waals surface area contributed by atoms with Gasteiger partial charge in [-0.2, -0.15) is 5.10 Å². The highest BCUT2D eigenvalue weighted by Gasteiger charge is 2.19. The first-order chi connectivity index (χ1) is 12.9. The maximum atomic E-state index is 12.6. The van der Waals surface area contributed by atoms with E-state index in [4.69, 9.17) is 0 Å². The summed E-state index contributed by atoms with van der Waals surface area (Å²) in [5, 5.41) is 18.5. The number of para-hydroxylation sites is 1. The molecule has 0 aliphatic rings. The van der Waals surface area contributed by atoms with Gasteiger partial charge in [-0.1, -0.05) is 24.3 Å². The largest absolute Gasteiger partial charge is 0.348 e. The van der Waals surface area contributed by atoms with Gasteiger partial charge in [0.15, 0.2) is 0 Å². The molecule has 0 fully saturated rings. The monoisotopic (exact) mass is 364 g/mol. The number of amides is 1. The fourth-order valence-electron chi connectivity index (χ4n) is 3.08. The Labute approximate surface area is 156 Å². The van der Waals surface area contributed by atoms with Crippen molar-refractivity contribution in [1.82, 2.24) is 15.1 Å². The molecule has 1 N–H and O–H groups in total. The van der Waals surface area contributed by atoms with Crippen molar-refractivity contribution in [1.29, 1.82) is 0 Å².